The highest BCUT2D eigenvalue weighted by Crippen LogP contribution is 2.58. The predicted molar refractivity (Wildman–Crippen MR) is 601 cm³/mol. The minimum Gasteiger partial charge on any atom is -0.309 e. The third-order valence-electron chi connectivity index (χ3n) is 33.2. The third-order valence-corrected chi connectivity index (χ3v) is 33.2. The summed E-state index contributed by atoms with van der Waals surface area (Å²) in [7, 11) is 0. The molecule has 0 saturated heterocycles. The van der Waals surface area contributed by atoms with Crippen LogP contribution < -0.4 is 0 Å². The summed E-state index contributed by atoms with van der Waals surface area (Å²) in [6.07, 6.45) is 0. The van der Waals surface area contributed by atoms with E-state index in [0.717, 1.165) is 111 Å². The molecule has 31 rings (SSSR count). The van der Waals surface area contributed by atoms with E-state index >= 15 is 0 Å². The molecule has 6 heterocycles. The highest BCUT2D eigenvalue weighted by Gasteiger charge is 2.40. The van der Waals surface area contributed by atoms with Crippen molar-refractivity contribution in [2.75, 3.05) is 0 Å². The van der Waals surface area contributed by atoms with Gasteiger partial charge in [-0.3, -0.25) is 0 Å². The normalized spacial score (nSPS) is 13.8. The topological polar surface area (TPSA) is 50.4 Å². The van der Waals surface area contributed by atoms with Gasteiger partial charge in [0.05, 0.1) is 66.6 Å². The average Bonchev–Trinajstić information content (AvgIpc) is 1.57. The van der Waals surface area contributed by atoms with Crippen LogP contribution in [0.5, 0.6) is 0 Å². The van der Waals surface area contributed by atoms with Gasteiger partial charge in [0.15, 0.2) is 5.82 Å². The van der Waals surface area contributed by atoms with Crippen LogP contribution in [-0.2, 0) is 16.2 Å². The lowest BCUT2D eigenvalue weighted by molar-refractivity contribution is 0.660. The van der Waals surface area contributed by atoms with Crippen LogP contribution in [0.4, 0.5) is 0 Å². The standard InChI is InChI=1S/C137H91N7/c1-135(2)114-42-17-10-33-95(114)98-58-55-91(77-117(98)135)142-121-46-21-14-37-102(121)109-72-82(50-64-125(109)142)81-49-63-124-108(71-81)101-36-13-20-45-120(101)140(124)90-32-25-30-88(70-90)132-131-106-62-61-94(105-40-26-41-107(130(105)106)133(131)139-134(138-132)80-27-8-7-9-28-80)87-29-24-31-89(69-87)141-128-67-53-85(83-51-65-126-110(73-83)103-38-15-22-47-122(103)143(126)92-56-59-99-96-34-11-18-43-115(96)136(3,4)118(99)78-92)75-112(128)113-76-86(54-68-129(113)141)84-52-66-127-111(74-84)104-39-16-23-48-123(104)144(127)93-57-60-100-97-35-12-19-44-116(97)137(5,6)119(100)79-93/h7-79H,1-6H3. The van der Waals surface area contributed by atoms with Crippen molar-refractivity contribution in [1.29, 1.82) is 0 Å². The van der Waals surface area contributed by atoms with Crippen molar-refractivity contribution in [2.45, 2.75) is 57.8 Å². The number of para-hydroxylation sites is 4. The summed E-state index contributed by atoms with van der Waals surface area (Å²) in [5.41, 5.74) is 49.4. The molecule has 7 heteroatoms. The van der Waals surface area contributed by atoms with Crippen molar-refractivity contribution in [3.63, 3.8) is 0 Å². The summed E-state index contributed by atoms with van der Waals surface area (Å²) < 4.78 is 12.4. The zero-order valence-corrected chi connectivity index (χ0v) is 80.3. The molecule has 0 saturated carbocycles. The molecule has 27 aromatic rings. The molecule has 0 bridgehead atoms. The van der Waals surface area contributed by atoms with Gasteiger partial charge < -0.3 is 22.8 Å². The van der Waals surface area contributed by atoms with Gasteiger partial charge in [-0.15, -0.1) is 0 Å². The molecule has 21 aromatic carbocycles. The zero-order chi connectivity index (χ0) is 95.2. The van der Waals surface area contributed by atoms with E-state index in [4.69, 9.17) is 9.97 Å². The maximum Gasteiger partial charge on any atom is 0.160 e. The summed E-state index contributed by atoms with van der Waals surface area (Å²) in [5, 5.41) is 14.4. The first-order valence-electron chi connectivity index (χ1n) is 50.4. The molecule has 6 aromatic heterocycles. The molecule has 0 N–H and O–H groups in total. The van der Waals surface area contributed by atoms with Crippen molar-refractivity contribution in [2.24, 2.45) is 0 Å². The van der Waals surface area contributed by atoms with Crippen molar-refractivity contribution >= 4 is 120 Å². The summed E-state index contributed by atoms with van der Waals surface area (Å²) >= 11 is 0. The van der Waals surface area contributed by atoms with Crippen LogP contribution >= 0.6 is 0 Å². The quantitative estimate of drug-likeness (QED) is 0.130. The minimum absolute atomic E-state index is 0.117. The van der Waals surface area contributed by atoms with Crippen LogP contribution in [0.1, 0.15) is 74.9 Å². The van der Waals surface area contributed by atoms with Gasteiger partial charge in [0, 0.05) is 121 Å². The molecular weight excluding hydrogens is 1740 g/mol. The first-order valence-corrected chi connectivity index (χ1v) is 50.4. The third kappa shape index (κ3) is 11.3. The molecule has 4 aliphatic carbocycles. The van der Waals surface area contributed by atoms with Gasteiger partial charge in [-0.05, 0) is 285 Å². The van der Waals surface area contributed by atoms with Crippen LogP contribution in [-0.4, -0.2) is 32.8 Å². The Balaban J connectivity index is 0.524. The average molecular weight is 1840 g/mol. The Morgan fingerprint density at radius 3 is 0.819 bits per heavy atom. The molecular formula is C137H91N7. The van der Waals surface area contributed by atoms with E-state index in [9.17, 15) is 0 Å². The van der Waals surface area contributed by atoms with Gasteiger partial charge in [-0.1, -0.05) is 327 Å². The lowest BCUT2D eigenvalue weighted by Crippen LogP contribution is -2.15. The Morgan fingerprint density at radius 2 is 0.431 bits per heavy atom. The number of hydrogen-bond acceptors (Lipinski definition) is 2. The minimum atomic E-state index is -0.138. The molecule has 4 aliphatic rings. The van der Waals surface area contributed by atoms with Gasteiger partial charge in [0.2, 0.25) is 0 Å². The number of benzene rings is 21. The fourth-order valence-corrected chi connectivity index (χ4v) is 26.4. The number of aromatic nitrogens is 7. The van der Waals surface area contributed by atoms with Crippen molar-refractivity contribution in [3.05, 3.63) is 476 Å². The Hall–Kier alpha value is -18.0. The second-order valence-corrected chi connectivity index (χ2v) is 41.8. The van der Waals surface area contributed by atoms with Crippen LogP contribution in [0, 0.1) is 0 Å². The van der Waals surface area contributed by atoms with Gasteiger partial charge in [0.1, 0.15) is 0 Å². The SMILES string of the molecule is CC1(C)c2ccccc2-c2ccc(-n3c4ccccc4c4cc(-c5ccc6c(c5)c5ccccc5n6-c5cccc(-c6nc(-c7ccccc7)nc7c6-c6ccc(-c8cccc(-n9c%10ccc(-c%11ccc%12c(c%11)c%11ccccc%11n%12-c%11ccc%12c(c%11)C(C)(C)c%11ccccc%11-%12)cc%10c%10cc(-c%11ccc%12c(c%11)c%11ccccc%11n%12-c%11ccc%12c(c%11)C(C)(C)c%11ccccc%11-%12)ccc%109)c8)c8cccc-7c68)c5)ccc43)cc21. The molecule has 0 radical (unpaired) electrons. The Labute approximate surface area is 832 Å². The fraction of sp³-hybridized carbons (Fsp3) is 0.0657. The Morgan fingerprint density at radius 1 is 0.160 bits per heavy atom. The van der Waals surface area contributed by atoms with Crippen LogP contribution in [0.25, 0.3) is 271 Å². The Kier molecular flexibility index (Phi) is 16.6. The molecule has 144 heavy (non-hydrogen) atoms. The first-order chi connectivity index (χ1) is 70.7. The monoisotopic (exact) mass is 1830 g/mol. The molecule has 0 amide bonds. The van der Waals surface area contributed by atoms with E-state index in [1.807, 2.05) is 0 Å². The molecule has 0 unspecified atom stereocenters. The number of rotatable bonds is 11. The van der Waals surface area contributed by atoms with Gasteiger partial charge in [-0.25, -0.2) is 9.97 Å². The smallest absolute Gasteiger partial charge is 0.160 e. The Bertz CT molecular complexity index is 10100. The predicted octanol–water partition coefficient (Wildman–Crippen LogP) is 35.7. The highest BCUT2D eigenvalue weighted by atomic mass is 15.0. The zero-order valence-electron chi connectivity index (χ0n) is 80.3. The van der Waals surface area contributed by atoms with Gasteiger partial charge >= 0.3 is 0 Å². The van der Waals surface area contributed by atoms with Gasteiger partial charge in [0.25, 0.3) is 0 Å². The molecule has 7 nitrogen and oxygen atoms in total. The number of hydrogen-bond donors (Lipinski definition) is 0. The van der Waals surface area contributed by atoms with E-state index in [-0.39, 0.29) is 16.2 Å². The summed E-state index contributed by atoms with van der Waals surface area (Å²) in [6, 6.07) is 167. The molecule has 0 aliphatic heterocycles. The lowest BCUT2D eigenvalue weighted by Gasteiger charge is -2.22. The van der Waals surface area contributed by atoms with E-state index in [1.54, 1.807) is 0 Å². The summed E-state index contributed by atoms with van der Waals surface area (Å²) in [4.78, 5) is 11.4. The van der Waals surface area contributed by atoms with E-state index in [1.165, 1.54) is 187 Å². The number of nitrogens with zero attached hydrogens (tertiary/aromatic N) is 7. The van der Waals surface area contributed by atoms with Crippen molar-refractivity contribution < 1.29 is 0 Å². The second-order valence-electron chi connectivity index (χ2n) is 41.8. The molecule has 0 atom stereocenters. The largest absolute Gasteiger partial charge is 0.309 e. The van der Waals surface area contributed by atoms with Crippen molar-refractivity contribution in [3.8, 4) is 151 Å². The number of fused-ring (bicyclic) bond motifs is 27. The van der Waals surface area contributed by atoms with Crippen molar-refractivity contribution in [1.82, 2.24) is 32.8 Å². The van der Waals surface area contributed by atoms with Crippen LogP contribution in [0.15, 0.2) is 443 Å². The van der Waals surface area contributed by atoms with E-state index in [0.29, 0.717) is 5.82 Å². The highest BCUT2D eigenvalue weighted by molar-refractivity contribution is 6.22. The van der Waals surface area contributed by atoms with E-state index < -0.39 is 0 Å². The molecule has 0 fully saturated rings. The van der Waals surface area contributed by atoms with Gasteiger partial charge in [-0.2, -0.15) is 0 Å². The lowest BCUT2D eigenvalue weighted by atomic mass is 9.82. The molecule has 674 valence electrons. The maximum absolute atomic E-state index is 5.73. The van der Waals surface area contributed by atoms with E-state index in [2.05, 4.69) is 507 Å². The maximum atomic E-state index is 5.73. The fourth-order valence-electron chi connectivity index (χ4n) is 26.4. The van der Waals surface area contributed by atoms with Crippen LogP contribution in [0.3, 0.4) is 0 Å². The second kappa shape index (κ2) is 29.5. The summed E-state index contributed by atoms with van der Waals surface area (Å²) in [5.74, 6) is 0.683. The first kappa shape index (κ1) is 80.9. The summed E-state index contributed by atoms with van der Waals surface area (Å²) in [6.45, 7) is 14.2. The van der Waals surface area contributed by atoms with Crippen LogP contribution in [0.2, 0.25) is 0 Å². The molecule has 0 spiro atoms.